The lowest BCUT2D eigenvalue weighted by atomic mass is 9.55. The molecule has 1 aromatic rings. The molecule has 6 atom stereocenters. The summed E-state index contributed by atoms with van der Waals surface area (Å²) in [6.45, 7) is 1.51. The number of aliphatic hydroxyl groups is 4. The first kappa shape index (κ1) is 29.5. The summed E-state index contributed by atoms with van der Waals surface area (Å²) in [5, 5.41) is 59.1. The summed E-state index contributed by atoms with van der Waals surface area (Å²) in [4.78, 5) is 54.7. The van der Waals surface area contributed by atoms with E-state index in [4.69, 9.17) is 17.3 Å². The van der Waals surface area contributed by atoms with Crippen molar-refractivity contribution in [2.45, 2.75) is 30.6 Å². The molecule has 8 N–H and O–H groups in total. The van der Waals surface area contributed by atoms with Crippen LogP contribution in [0.25, 0.3) is 0 Å². The van der Waals surface area contributed by atoms with Crippen molar-refractivity contribution in [3.05, 3.63) is 44.9 Å². The Hall–Kier alpha value is -3.49. The lowest BCUT2D eigenvalue weighted by Gasteiger charge is -2.53. The quantitative estimate of drug-likeness (QED) is 0.179. The average Bonchev–Trinajstić information content (AvgIpc) is 2.83. The highest BCUT2D eigenvalue weighted by Crippen LogP contribution is 2.56. The third-order valence-corrected chi connectivity index (χ3v) is 8.23. The van der Waals surface area contributed by atoms with E-state index in [1.54, 1.807) is 25.9 Å². The number of primary amides is 1. The standard InChI is InChI=1S/C26H31ClN4O9/c1-8-9-6-10(27)17(29-11(32)7-30(2)3)21(35)13(9)19(33)14-12(8)20(34)16-18(31(4)5)22(36)15(25(28)39)24(38)26(16,40)23(14)37/h6,8,12,16,18,20,34-37,40H,7H2,1-5H3,(H2,28,39)(H,29,32)/t8-,12+,16+,18-,20-,26-/m0/s1. The van der Waals surface area contributed by atoms with Crippen molar-refractivity contribution >= 4 is 40.7 Å². The van der Waals surface area contributed by atoms with Crippen molar-refractivity contribution in [3.63, 3.8) is 0 Å². The molecule has 0 unspecified atom stereocenters. The normalized spacial score (nSPS) is 29.9. The number of aliphatic hydroxyl groups excluding tert-OH is 3. The van der Waals surface area contributed by atoms with Gasteiger partial charge in [-0.3, -0.25) is 24.1 Å². The van der Waals surface area contributed by atoms with Gasteiger partial charge in [-0.1, -0.05) is 18.5 Å². The Balaban J connectivity index is 1.97. The van der Waals surface area contributed by atoms with Gasteiger partial charge in [0.05, 0.1) is 35.2 Å². The van der Waals surface area contributed by atoms with Gasteiger partial charge >= 0.3 is 0 Å². The van der Waals surface area contributed by atoms with Gasteiger partial charge in [0.2, 0.25) is 11.7 Å². The minimum atomic E-state index is -3.02. The third-order valence-electron chi connectivity index (χ3n) is 7.93. The summed E-state index contributed by atoms with van der Waals surface area (Å²) in [6.07, 6.45) is -1.73. The molecule has 2 amide bonds. The number of anilines is 1. The van der Waals surface area contributed by atoms with Crippen molar-refractivity contribution in [2.75, 3.05) is 40.1 Å². The molecular weight excluding hydrogens is 548 g/mol. The zero-order valence-electron chi connectivity index (χ0n) is 22.4. The molecule has 1 aromatic carbocycles. The van der Waals surface area contributed by atoms with Crippen LogP contribution in [0.5, 0.6) is 5.75 Å². The molecule has 0 aromatic heterocycles. The van der Waals surface area contributed by atoms with Crippen LogP contribution in [0.15, 0.2) is 28.7 Å². The van der Waals surface area contributed by atoms with Gasteiger partial charge in [-0.25, -0.2) is 0 Å². The summed E-state index contributed by atoms with van der Waals surface area (Å²) >= 11 is 6.38. The number of phenols is 1. The summed E-state index contributed by atoms with van der Waals surface area (Å²) in [6, 6.07) is -0.0111. The Morgan fingerprint density at radius 2 is 1.75 bits per heavy atom. The van der Waals surface area contributed by atoms with E-state index in [0.29, 0.717) is 0 Å². The van der Waals surface area contributed by atoms with E-state index in [1.807, 2.05) is 0 Å². The number of nitrogens with two attached hydrogens (primary N) is 1. The number of aromatic hydroxyl groups is 1. The predicted octanol–water partition coefficient (Wildman–Crippen LogP) is -0.194. The maximum absolute atomic E-state index is 13.9. The highest BCUT2D eigenvalue weighted by molar-refractivity contribution is 6.35. The Kier molecular flexibility index (Phi) is 7.27. The molecule has 0 aliphatic heterocycles. The first-order valence-electron chi connectivity index (χ1n) is 12.3. The molecule has 216 valence electrons. The van der Waals surface area contributed by atoms with Crippen LogP contribution >= 0.6 is 11.6 Å². The minimum Gasteiger partial charge on any atom is -0.510 e. The number of fused-ring (bicyclic) bond motifs is 3. The predicted molar refractivity (Wildman–Crippen MR) is 142 cm³/mol. The van der Waals surface area contributed by atoms with Gasteiger partial charge in [-0.15, -0.1) is 0 Å². The number of halogens is 1. The van der Waals surface area contributed by atoms with Gasteiger partial charge in [-0.2, -0.15) is 0 Å². The highest BCUT2D eigenvalue weighted by Gasteiger charge is 2.67. The van der Waals surface area contributed by atoms with Gasteiger partial charge in [0.1, 0.15) is 22.8 Å². The van der Waals surface area contributed by atoms with E-state index in [9.17, 15) is 44.7 Å². The molecule has 0 fully saturated rings. The van der Waals surface area contributed by atoms with E-state index in [1.165, 1.54) is 25.1 Å². The van der Waals surface area contributed by atoms with Crippen molar-refractivity contribution in [1.82, 2.24) is 9.80 Å². The second-order valence-corrected chi connectivity index (χ2v) is 11.3. The number of benzene rings is 1. The number of hydrogen-bond donors (Lipinski definition) is 7. The van der Waals surface area contributed by atoms with Crippen LogP contribution in [0, 0.1) is 11.8 Å². The van der Waals surface area contributed by atoms with Crippen LogP contribution in [0.2, 0.25) is 5.02 Å². The van der Waals surface area contributed by atoms with E-state index >= 15 is 0 Å². The summed E-state index contributed by atoms with van der Waals surface area (Å²) < 4.78 is 0. The van der Waals surface area contributed by atoms with Crippen molar-refractivity contribution < 1.29 is 44.7 Å². The number of likely N-dealkylation sites (N-methyl/N-ethyl adjacent to an activating group) is 2. The molecule has 14 heteroatoms. The van der Waals surface area contributed by atoms with E-state index in [2.05, 4.69) is 5.32 Å². The Morgan fingerprint density at radius 3 is 2.27 bits per heavy atom. The largest absolute Gasteiger partial charge is 0.510 e. The fraction of sp³-hybridized carbons (Fsp3) is 0.462. The first-order chi connectivity index (χ1) is 18.5. The first-order valence-corrected chi connectivity index (χ1v) is 12.7. The van der Waals surface area contributed by atoms with Gasteiger partial charge in [-0.05, 0) is 45.7 Å². The second-order valence-electron chi connectivity index (χ2n) is 10.9. The summed E-state index contributed by atoms with van der Waals surface area (Å²) in [7, 11) is 6.19. The van der Waals surface area contributed by atoms with E-state index in [0.717, 1.165) is 0 Å². The topological polar surface area (TPSA) is 214 Å². The molecule has 40 heavy (non-hydrogen) atoms. The van der Waals surface area contributed by atoms with Crippen LogP contribution in [0.1, 0.15) is 28.8 Å². The number of ketones is 2. The van der Waals surface area contributed by atoms with Gasteiger partial charge in [0.25, 0.3) is 5.91 Å². The maximum atomic E-state index is 13.9. The smallest absolute Gasteiger partial charge is 0.255 e. The zero-order chi connectivity index (χ0) is 30.2. The fourth-order valence-corrected chi connectivity index (χ4v) is 6.49. The van der Waals surface area contributed by atoms with Crippen molar-refractivity contribution in [3.8, 4) is 5.75 Å². The molecule has 0 radical (unpaired) electrons. The molecule has 0 saturated carbocycles. The van der Waals surface area contributed by atoms with Crippen molar-refractivity contribution in [2.24, 2.45) is 17.6 Å². The summed E-state index contributed by atoms with van der Waals surface area (Å²) in [5.74, 6) is -10.8. The van der Waals surface area contributed by atoms with Crippen LogP contribution in [-0.4, -0.2) is 111 Å². The van der Waals surface area contributed by atoms with Crippen LogP contribution in [0.4, 0.5) is 5.69 Å². The second kappa shape index (κ2) is 9.85. The summed E-state index contributed by atoms with van der Waals surface area (Å²) in [5.41, 5.74) is 0.325. The molecule has 3 aliphatic carbocycles. The Labute approximate surface area is 234 Å². The number of rotatable bonds is 5. The van der Waals surface area contributed by atoms with E-state index < -0.39 is 87.3 Å². The molecule has 4 rings (SSSR count). The highest BCUT2D eigenvalue weighted by atomic mass is 35.5. The Bertz CT molecular complexity index is 1420. The van der Waals surface area contributed by atoms with E-state index in [-0.39, 0.29) is 28.4 Å². The SMILES string of the molecule is C[C@H]1c2cc(Cl)c(NC(=O)CN(C)C)c(O)c2C(=O)C2=C(O)[C@]3(O)C(=O)C(C(N)=O)=C(O)[C@@H](N(C)C)[C@@H]3[C@@H](O)[C@@H]21. The van der Waals surface area contributed by atoms with Crippen LogP contribution in [-0.2, 0) is 14.4 Å². The lowest BCUT2D eigenvalue weighted by molar-refractivity contribution is -0.162. The van der Waals surface area contributed by atoms with Gasteiger partial charge in [0, 0.05) is 11.5 Å². The molecule has 0 heterocycles. The third kappa shape index (κ3) is 3.99. The lowest BCUT2D eigenvalue weighted by Crippen LogP contribution is -2.68. The number of carbonyl (C=O) groups excluding carboxylic acids is 4. The Morgan fingerprint density at radius 1 is 1.15 bits per heavy atom. The molecule has 3 aliphatic rings. The van der Waals surface area contributed by atoms with Crippen molar-refractivity contribution in [1.29, 1.82) is 0 Å². The number of Topliss-reactive ketones (excluding diaryl/α,β-unsaturated/α-hetero) is 2. The monoisotopic (exact) mass is 578 g/mol. The number of carbonyl (C=O) groups is 4. The number of amides is 2. The molecule has 0 spiro atoms. The number of nitrogens with one attached hydrogen (secondary N) is 1. The number of nitrogens with zero attached hydrogens (tertiary/aromatic N) is 2. The molecule has 13 nitrogen and oxygen atoms in total. The fourth-order valence-electron chi connectivity index (χ4n) is 6.24. The molecule has 0 bridgehead atoms. The number of hydrogen-bond acceptors (Lipinski definition) is 11. The van der Waals surface area contributed by atoms with Gasteiger partial charge < -0.3 is 41.5 Å². The van der Waals surface area contributed by atoms with Crippen LogP contribution in [0.3, 0.4) is 0 Å². The average molecular weight is 579 g/mol. The minimum absolute atomic E-state index is 0.0659. The molecule has 0 saturated heterocycles. The van der Waals surface area contributed by atoms with Gasteiger partial charge in [0.15, 0.2) is 17.1 Å². The maximum Gasteiger partial charge on any atom is 0.255 e. The molecular formula is C26H31ClN4O9. The zero-order valence-corrected chi connectivity index (χ0v) is 23.1. The van der Waals surface area contributed by atoms with Crippen LogP contribution < -0.4 is 11.1 Å². The number of phenolic OH excluding ortho intramolecular Hbond substituents is 1.